The number of para-hydroxylation sites is 1. The molecule has 0 spiro atoms. The van der Waals surface area contributed by atoms with Crippen LogP contribution in [0.2, 0.25) is 0 Å². The molecule has 5 nitrogen and oxygen atoms in total. The number of nitrogens with zero attached hydrogens (tertiary/aromatic N) is 1. The molecular formula is C17H21N3O2. The first-order valence-electron chi connectivity index (χ1n) is 7.37. The van der Waals surface area contributed by atoms with Crippen molar-refractivity contribution in [1.82, 2.24) is 4.98 Å². The van der Waals surface area contributed by atoms with Crippen molar-refractivity contribution in [3.63, 3.8) is 0 Å². The van der Waals surface area contributed by atoms with Crippen LogP contribution in [0.5, 0.6) is 5.75 Å². The van der Waals surface area contributed by atoms with Crippen molar-refractivity contribution in [2.75, 3.05) is 17.2 Å². The highest BCUT2D eigenvalue weighted by Crippen LogP contribution is 2.12. The highest BCUT2D eigenvalue weighted by atomic mass is 16.5. The molecule has 0 radical (unpaired) electrons. The molecule has 0 aliphatic rings. The Morgan fingerprint density at radius 2 is 2.00 bits per heavy atom. The van der Waals surface area contributed by atoms with E-state index in [0.29, 0.717) is 17.5 Å². The van der Waals surface area contributed by atoms with Crippen LogP contribution in [0.25, 0.3) is 0 Å². The van der Waals surface area contributed by atoms with E-state index < -0.39 is 0 Å². The minimum atomic E-state index is -0.215. The first-order chi connectivity index (χ1) is 10.7. The quantitative estimate of drug-likeness (QED) is 0.823. The largest absolute Gasteiger partial charge is 0.484 e. The monoisotopic (exact) mass is 299 g/mol. The fraction of sp³-hybridized carbons (Fsp3) is 0.294. The van der Waals surface area contributed by atoms with Gasteiger partial charge in [0.1, 0.15) is 11.6 Å². The normalized spacial score (nSPS) is 11.5. The van der Waals surface area contributed by atoms with Crippen molar-refractivity contribution in [2.24, 2.45) is 0 Å². The molecule has 1 aromatic carbocycles. The number of nitrogens with one attached hydrogen (secondary N) is 2. The molecule has 2 aromatic rings. The van der Waals surface area contributed by atoms with E-state index in [1.807, 2.05) is 42.5 Å². The smallest absolute Gasteiger partial charge is 0.262 e. The summed E-state index contributed by atoms with van der Waals surface area (Å²) in [5.74, 6) is 1.25. The van der Waals surface area contributed by atoms with Gasteiger partial charge in [-0.15, -0.1) is 0 Å². The molecular weight excluding hydrogens is 278 g/mol. The SMILES string of the molecule is CCC(C)Nc1ccc(NC(=O)COc2ccccc2)cn1. The van der Waals surface area contributed by atoms with Gasteiger partial charge in [-0.05, 0) is 37.6 Å². The predicted molar refractivity (Wildman–Crippen MR) is 88.2 cm³/mol. The van der Waals surface area contributed by atoms with E-state index in [2.05, 4.69) is 29.5 Å². The van der Waals surface area contributed by atoms with E-state index in [0.717, 1.165) is 12.2 Å². The molecule has 116 valence electrons. The Hall–Kier alpha value is -2.56. The summed E-state index contributed by atoms with van der Waals surface area (Å²) in [4.78, 5) is 16.1. The van der Waals surface area contributed by atoms with E-state index in [-0.39, 0.29) is 12.5 Å². The summed E-state index contributed by atoms with van der Waals surface area (Å²) in [5, 5.41) is 6.02. The topological polar surface area (TPSA) is 63.2 Å². The summed E-state index contributed by atoms with van der Waals surface area (Å²) in [5.41, 5.74) is 0.649. The minimum Gasteiger partial charge on any atom is -0.484 e. The second kappa shape index (κ2) is 8.02. The number of rotatable bonds is 7. The van der Waals surface area contributed by atoms with Gasteiger partial charge in [-0.2, -0.15) is 0 Å². The Bertz CT molecular complexity index is 585. The van der Waals surface area contributed by atoms with Gasteiger partial charge in [0.2, 0.25) is 0 Å². The van der Waals surface area contributed by atoms with Crippen LogP contribution < -0.4 is 15.4 Å². The second-order valence-electron chi connectivity index (χ2n) is 5.04. The molecule has 1 unspecified atom stereocenters. The molecule has 1 aromatic heterocycles. The number of carbonyl (C=O) groups is 1. The molecule has 0 bridgehead atoms. The van der Waals surface area contributed by atoms with Crippen LogP contribution >= 0.6 is 0 Å². The number of benzene rings is 1. The number of ether oxygens (including phenoxy) is 1. The third-order valence-electron chi connectivity index (χ3n) is 3.17. The number of aromatic nitrogens is 1. The lowest BCUT2D eigenvalue weighted by molar-refractivity contribution is -0.118. The van der Waals surface area contributed by atoms with Gasteiger partial charge in [0, 0.05) is 6.04 Å². The highest BCUT2D eigenvalue weighted by Gasteiger charge is 2.05. The molecule has 2 N–H and O–H groups in total. The Morgan fingerprint density at radius 1 is 1.23 bits per heavy atom. The minimum absolute atomic E-state index is 0.0309. The van der Waals surface area contributed by atoms with Gasteiger partial charge < -0.3 is 15.4 Å². The molecule has 1 amide bonds. The number of carbonyl (C=O) groups excluding carboxylic acids is 1. The van der Waals surface area contributed by atoms with Gasteiger partial charge in [-0.25, -0.2) is 4.98 Å². The van der Waals surface area contributed by atoms with Crippen LogP contribution in [0.4, 0.5) is 11.5 Å². The van der Waals surface area contributed by atoms with Gasteiger partial charge in [0.15, 0.2) is 6.61 Å². The lowest BCUT2D eigenvalue weighted by atomic mass is 10.2. The van der Waals surface area contributed by atoms with E-state index in [1.54, 1.807) is 6.20 Å². The maximum Gasteiger partial charge on any atom is 0.262 e. The zero-order valence-electron chi connectivity index (χ0n) is 12.9. The third-order valence-corrected chi connectivity index (χ3v) is 3.17. The number of pyridine rings is 1. The van der Waals surface area contributed by atoms with Crippen LogP contribution in [0, 0.1) is 0 Å². The van der Waals surface area contributed by atoms with Gasteiger partial charge in [-0.1, -0.05) is 25.1 Å². The molecule has 1 heterocycles. The van der Waals surface area contributed by atoms with E-state index in [1.165, 1.54) is 0 Å². The number of amides is 1. The molecule has 1 atom stereocenters. The lowest BCUT2D eigenvalue weighted by Crippen LogP contribution is -2.20. The predicted octanol–water partition coefficient (Wildman–Crippen LogP) is 3.31. The number of anilines is 2. The second-order valence-corrected chi connectivity index (χ2v) is 5.04. The lowest BCUT2D eigenvalue weighted by Gasteiger charge is -2.12. The standard InChI is InChI=1S/C17H21N3O2/c1-3-13(2)19-16-10-9-14(11-18-16)20-17(21)12-22-15-7-5-4-6-8-15/h4-11,13H,3,12H2,1-2H3,(H,18,19)(H,20,21). The molecule has 0 aliphatic heterocycles. The zero-order chi connectivity index (χ0) is 15.8. The molecule has 0 saturated heterocycles. The van der Waals surface area contributed by atoms with Crippen molar-refractivity contribution in [2.45, 2.75) is 26.3 Å². The highest BCUT2D eigenvalue weighted by molar-refractivity contribution is 5.91. The van der Waals surface area contributed by atoms with Crippen LogP contribution in [0.1, 0.15) is 20.3 Å². The Labute approximate surface area is 130 Å². The van der Waals surface area contributed by atoms with Crippen molar-refractivity contribution < 1.29 is 9.53 Å². The van der Waals surface area contributed by atoms with Crippen molar-refractivity contribution in [3.05, 3.63) is 48.7 Å². The van der Waals surface area contributed by atoms with Crippen LogP contribution in [0.3, 0.4) is 0 Å². The van der Waals surface area contributed by atoms with E-state index >= 15 is 0 Å². The van der Waals surface area contributed by atoms with Crippen molar-refractivity contribution in [1.29, 1.82) is 0 Å². The van der Waals surface area contributed by atoms with Gasteiger partial charge in [0.25, 0.3) is 5.91 Å². The summed E-state index contributed by atoms with van der Waals surface area (Å²) in [6.45, 7) is 4.17. The summed E-state index contributed by atoms with van der Waals surface area (Å²) in [7, 11) is 0. The van der Waals surface area contributed by atoms with E-state index in [9.17, 15) is 4.79 Å². The Balaban J connectivity index is 1.81. The average Bonchev–Trinajstić information content (AvgIpc) is 2.55. The first-order valence-corrected chi connectivity index (χ1v) is 7.37. The number of hydrogen-bond acceptors (Lipinski definition) is 4. The average molecular weight is 299 g/mol. The molecule has 22 heavy (non-hydrogen) atoms. The number of hydrogen-bond donors (Lipinski definition) is 2. The maximum absolute atomic E-state index is 11.8. The molecule has 0 aliphatic carbocycles. The van der Waals surface area contributed by atoms with Crippen molar-refractivity contribution >= 4 is 17.4 Å². The van der Waals surface area contributed by atoms with Crippen molar-refractivity contribution in [3.8, 4) is 5.75 Å². The summed E-state index contributed by atoms with van der Waals surface area (Å²) in [6, 6.07) is 13.3. The summed E-state index contributed by atoms with van der Waals surface area (Å²) >= 11 is 0. The third kappa shape index (κ3) is 5.09. The molecule has 5 heteroatoms. The fourth-order valence-electron chi connectivity index (χ4n) is 1.77. The Morgan fingerprint density at radius 3 is 2.64 bits per heavy atom. The zero-order valence-corrected chi connectivity index (χ0v) is 12.9. The Kier molecular flexibility index (Phi) is 5.77. The summed E-state index contributed by atoms with van der Waals surface area (Å²) in [6.07, 6.45) is 2.65. The van der Waals surface area contributed by atoms with Gasteiger partial charge >= 0.3 is 0 Å². The first kappa shape index (κ1) is 15.8. The van der Waals surface area contributed by atoms with E-state index in [4.69, 9.17) is 4.74 Å². The van der Waals surface area contributed by atoms with Crippen LogP contribution in [-0.4, -0.2) is 23.5 Å². The van der Waals surface area contributed by atoms with Crippen LogP contribution in [0.15, 0.2) is 48.7 Å². The summed E-state index contributed by atoms with van der Waals surface area (Å²) < 4.78 is 5.39. The van der Waals surface area contributed by atoms with Gasteiger partial charge in [-0.3, -0.25) is 4.79 Å². The van der Waals surface area contributed by atoms with Crippen LogP contribution in [-0.2, 0) is 4.79 Å². The molecule has 0 fully saturated rings. The maximum atomic E-state index is 11.8. The molecule has 0 saturated carbocycles. The fourth-order valence-corrected chi connectivity index (χ4v) is 1.77. The van der Waals surface area contributed by atoms with Gasteiger partial charge in [0.05, 0.1) is 11.9 Å². The molecule has 2 rings (SSSR count).